The number of carbonyl (C=O) groups is 5. The van der Waals surface area contributed by atoms with E-state index in [1.165, 1.54) is 0 Å². The van der Waals surface area contributed by atoms with Crippen LogP contribution in [0.25, 0.3) is 0 Å². The molecular formula is C36H43NO14. The first kappa shape index (κ1) is 35.2. The SMILES string of the molecule is CN1CC[C@]23c4c5ccc(OC(=O)OC(C)(C)C)c4O[C@H]2C(OC(=O)C[C@@H]2OC(C)(C)OC2=O)=CC[C@@]3(OC(=O)C[C@@H]2OC(C)(C)OC2=O)[C@H]1C5. The molecule has 0 unspecified atom stereocenters. The summed E-state index contributed by atoms with van der Waals surface area (Å²) in [5.41, 5.74) is -1.67. The van der Waals surface area contributed by atoms with Crippen molar-refractivity contribution in [2.45, 2.75) is 133 Å². The fourth-order valence-electron chi connectivity index (χ4n) is 8.45. The highest BCUT2D eigenvalue weighted by Crippen LogP contribution is 2.66. The van der Waals surface area contributed by atoms with Gasteiger partial charge in [0.1, 0.15) is 17.0 Å². The number of hydrogen-bond acceptors (Lipinski definition) is 15. The molecule has 0 N–H and O–H groups in total. The maximum Gasteiger partial charge on any atom is 0.514 e. The maximum absolute atomic E-state index is 13.9. The van der Waals surface area contributed by atoms with Crippen LogP contribution in [-0.4, -0.2) is 95.7 Å². The number of likely N-dealkylation sites (tertiary alicyclic amines) is 1. The standard InChI is InChI=1S/C36H43NO14/c1-32(2,3)51-31(42)44-19-10-9-18-15-23-36(48-25(39)17-22-30(41)50-34(6,7)47-22)12-11-20(43-24(38)16-21-29(40)49-33(4,5)46-21)28-35(36,13-14-37(23)8)26(18)27(19)45-28/h9-11,21-23,28H,12-17H2,1-8H3/t21-,22-,23+,28-,35-,36+/m0/s1. The first-order valence-corrected chi connectivity index (χ1v) is 17.1. The topological polar surface area (TPSA) is 172 Å². The molecule has 276 valence electrons. The molecule has 51 heavy (non-hydrogen) atoms. The molecule has 7 rings (SSSR count). The van der Waals surface area contributed by atoms with E-state index in [1.54, 1.807) is 60.6 Å². The Hall–Kier alpha value is -4.21. The second kappa shape index (κ2) is 11.7. The van der Waals surface area contributed by atoms with Crippen LogP contribution in [-0.2, 0) is 64.2 Å². The van der Waals surface area contributed by atoms with Crippen LogP contribution < -0.4 is 9.47 Å². The zero-order valence-electron chi connectivity index (χ0n) is 29.9. The summed E-state index contributed by atoms with van der Waals surface area (Å²) in [6.07, 6.45) is -2.45. The van der Waals surface area contributed by atoms with Gasteiger partial charge < -0.3 is 42.6 Å². The molecule has 0 saturated carbocycles. The average molecular weight is 714 g/mol. The third-order valence-corrected chi connectivity index (χ3v) is 10.2. The lowest BCUT2D eigenvalue weighted by atomic mass is 9.50. The highest BCUT2D eigenvalue weighted by atomic mass is 16.8. The van der Waals surface area contributed by atoms with Gasteiger partial charge in [0.15, 0.2) is 29.8 Å². The number of ether oxygens (including phenoxy) is 9. The Balaban J connectivity index is 1.28. The molecule has 4 aliphatic heterocycles. The summed E-state index contributed by atoms with van der Waals surface area (Å²) in [6.45, 7) is 12.0. The number of rotatable bonds is 7. The molecule has 3 fully saturated rings. The van der Waals surface area contributed by atoms with Crippen molar-refractivity contribution in [2.24, 2.45) is 0 Å². The zero-order chi connectivity index (χ0) is 36.9. The van der Waals surface area contributed by atoms with Gasteiger partial charge in [0.25, 0.3) is 0 Å². The van der Waals surface area contributed by atoms with Gasteiger partial charge in [-0.15, -0.1) is 0 Å². The van der Waals surface area contributed by atoms with Crippen molar-refractivity contribution >= 4 is 30.0 Å². The van der Waals surface area contributed by atoms with Gasteiger partial charge in [0, 0.05) is 39.7 Å². The van der Waals surface area contributed by atoms with Gasteiger partial charge >= 0.3 is 30.0 Å². The second-order valence-electron chi connectivity index (χ2n) is 15.8. The summed E-state index contributed by atoms with van der Waals surface area (Å²) in [5.74, 6) is -4.68. The van der Waals surface area contributed by atoms with Crippen LogP contribution in [0.3, 0.4) is 0 Å². The van der Waals surface area contributed by atoms with Crippen molar-refractivity contribution < 1.29 is 66.6 Å². The highest BCUT2D eigenvalue weighted by Gasteiger charge is 2.74. The zero-order valence-corrected chi connectivity index (χ0v) is 29.9. The van der Waals surface area contributed by atoms with Gasteiger partial charge in [0.05, 0.1) is 24.3 Å². The summed E-state index contributed by atoms with van der Waals surface area (Å²) in [6, 6.07) is 3.12. The molecule has 0 radical (unpaired) electrons. The van der Waals surface area contributed by atoms with Crippen LogP contribution >= 0.6 is 0 Å². The van der Waals surface area contributed by atoms with E-state index in [9.17, 15) is 24.0 Å². The van der Waals surface area contributed by atoms with Crippen molar-refractivity contribution in [1.29, 1.82) is 0 Å². The second-order valence-corrected chi connectivity index (χ2v) is 15.8. The predicted molar refractivity (Wildman–Crippen MR) is 171 cm³/mol. The molecule has 15 heteroatoms. The minimum Gasteiger partial charge on any atom is -0.477 e. The largest absolute Gasteiger partial charge is 0.514 e. The summed E-state index contributed by atoms with van der Waals surface area (Å²) in [7, 11) is 1.95. The lowest BCUT2D eigenvalue weighted by Gasteiger charge is -2.62. The monoisotopic (exact) mass is 713 g/mol. The number of hydrogen-bond donors (Lipinski definition) is 0. The van der Waals surface area contributed by atoms with Crippen molar-refractivity contribution in [3.8, 4) is 11.5 Å². The summed E-state index contributed by atoms with van der Waals surface area (Å²) in [5, 5.41) is 0. The fourth-order valence-corrected chi connectivity index (χ4v) is 8.45. The Morgan fingerprint density at radius 3 is 2.14 bits per heavy atom. The van der Waals surface area contributed by atoms with Crippen LogP contribution in [0.5, 0.6) is 11.5 Å². The molecule has 6 atom stereocenters. The molecule has 1 aromatic rings. The van der Waals surface area contributed by atoms with E-state index < -0.39 is 83.0 Å². The van der Waals surface area contributed by atoms with Crippen molar-refractivity contribution in [1.82, 2.24) is 4.90 Å². The van der Waals surface area contributed by atoms with Crippen LogP contribution in [0.4, 0.5) is 4.79 Å². The smallest absolute Gasteiger partial charge is 0.477 e. The molecule has 0 amide bonds. The lowest BCUT2D eigenvalue weighted by Crippen LogP contribution is -2.75. The molecule has 4 heterocycles. The van der Waals surface area contributed by atoms with E-state index in [4.69, 9.17) is 42.6 Å². The van der Waals surface area contributed by atoms with Gasteiger partial charge in [-0.05, 0) is 64.9 Å². The maximum atomic E-state index is 13.9. The highest BCUT2D eigenvalue weighted by molar-refractivity contribution is 5.84. The summed E-state index contributed by atoms with van der Waals surface area (Å²) in [4.78, 5) is 67.3. The number of carbonyl (C=O) groups excluding carboxylic acids is 5. The molecule has 1 spiro atoms. The van der Waals surface area contributed by atoms with Gasteiger partial charge in [0.2, 0.25) is 11.6 Å². The van der Waals surface area contributed by atoms with Gasteiger partial charge in [-0.1, -0.05) is 6.07 Å². The first-order valence-electron chi connectivity index (χ1n) is 17.1. The van der Waals surface area contributed by atoms with Crippen LogP contribution in [0.1, 0.15) is 85.3 Å². The Labute approximate surface area is 294 Å². The molecule has 6 aliphatic rings. The van der Waals surface area contributed by atoms with Crippen molar-refractivity contribution in [3.05, 3.63) is 35.1 Å². The van der Waals surface area contributed by atoms with E-state index in [2.05, 4.69) is 4.90 Å². The Morgan fingerprint density at radius 2 is 1.55 bits per heavy atom. The quantitative estimate of drug-likeness (QED) is 0.228. The third-order valence-electron chi connectivity index (χ3n) is 10.2. The van der Waals surface area contributed by atoms with Crippen LogP contribution in [0, 0.1) is 0 Å². The number of piperidine rings is 1. The average Bonchev–Trinajstić information content (AvgIpc) is 3.57. The Kier molecular flexibility index (Phi) is 8.04. The third kappa shape index (κ3) is 5.92. The molecule has 2 bridgehead atoms. The van der Waals surface area contributed by atoms with Crippen molar-refractivity contribution in [2.75, 3.05) is 13.6 Å². The van der Waals surface area contributed by atoms with Crippen LogP contribution in [0.15, 0.2) is 24.0 Å². The van der Waals surface area contributed by atoms with Gasteiger partial charge in [-0.25, -0.2) is 14.4 Å². The molecule has 15 nitrogen and oxygen atoms in total. The Morgan fingerprint density at radius 1 is 0.922 bits per heavy atom. The van der Waals surface area contributed by atoms with E-state index >= 15 is 0 Å². The number of esters is 4. The fraction of sp³-hybridized carbons (Fsp3) is 0.639. The van der Waals surface area contributed by atoms with E-state index in [0.717, 1.165) is 5.56 Å². The number of likely N-dealkylation sites (N-methyl/N-ethyl adjacent to an activating group) is 1. The van der Waals surface area contributed by atoms with Crippen LogP contribution in [0.2, 0.25) is 0 Å². The van der Waals surface area contributed by atoms with E-state index in [-0.39, 0.29) is 36.1 Å². The molecule has 3 saturated heterocycles. The minimum atomic E-state index is -1.28. The predicted octanol–water partition coefficient (Wildman–Crippen LogP) is 3.51. The van der Waals surface area contributed by atoms with E-state index in [1.807, 2.05) is 13.1 Å². The minimum absolute atomic E-state index is 0.0868. The Bertz CT molecular complexity index is 1740. The van der Waals surface area contributed by atoms with Crippen molar-refractivity contribution in [3.63, 3.8) is 0 Å². The number of cyclic esters (lactones) is 2. The number of nitrogens with zero attached hydrogens (tertiary/aromatic N) is 1. The summed E-state index contributed by atoms with van der Waals surface area (Å²) < 4.78 is 52.2. The lowest BCUT2D eigenvalue weighted by molar-refractivity contribution is -0.208. The summed E-state index contributed by atoms with van der Waals surface area (Å²) >= 11 is 0. The molecule has 1 aromatic carbocycles. The van der Waals surface area contributed by atoms with Gasteiger partial charge in [-0.3, -0.25) is 14.5 Å². The van der Waals surface area contributed by atoms with Gasteiger partial charge in [-0.2, -0.15) is 0 Å². The first-order chi connectivity index (χ1) is 23.7. The van der Waals surface area contributed by atoms with E-state index in [0.29, 0.717) is 24.9 Å². The number of benzene rings is 1. The normalized spacial score (nSPS) is 32.5. The molecule has 0 aromatic heterocycles. The molecule has 2 aliphatic carbocycles. The molecular weight excluding hydrogens is 670 g/mol.